The minimum atomic E-state index is 0.0190. The molecule has 0 bridgehead atoms. The van der Waals surface area contributed by atoms with Crippen molar-refractivity contribution in [3.05, 3.63) is 78.0 Å². The number of benzene rings is 1. The maximum atomic E-state index is 13.0. The Bertz CT molecular complexity index is 888. The number of aromatic nitrogens is 3. The van der Waals surface area contributed by atoms with Gasteiger partial charge in [-0.25, -0.2) is 9.97 Å². The Balaban J connectivity index is 1.62. The number of aryl methyl sites for hydroxylation is 1. The molecule has 25 heavy (non-hydrogen) atoms. The smallest absolute Gasteiger partial charge is 0.254 e. The van der Waals surface area contributed by atoms with Crippen molar-refractivity contribution in [2.45, 2.75) is 25.3 Å². The lowest BCUT2D eigenvalue weighted by Crippen LogP contribution is -2.33. The molecule has 4 rings (SSSR count). The van der Waals surface area contributed by atoms with Gasteiger partial charge in [0.05, 0.1) is 6.04 Å². The summed E-state index contributed by atoms with van der Waals surface area (Å²) in [6.07, 6.45) is 10.1. The van der Waals surface area contributed by atoms with E-state index >= 15 is 0 Å². The lowest BCUT2D eigenvalue weighted by molar-refractivity contribution is 0.0715. The van der Waals surface area contributed by atoms with E-state index < -0.39 is 0 Å². The SMILES string of the molecule is CN(C(=O)c1ccnc(-n2ccnc2)c1)[C@@H]1CCCc2ccccc21. The monoisotopic (exact) mass is 332 g/mol. The maximum absolute atomic E-state index is 13.0. The van der Waals surface area contributed by atoms with Gasteiger partial charge in [-0.15, -0.1) is 0 Å². The Morgan fingerprint density at radius 3 is 2.96 bits per heavy atom. The number of carbonyl (C=O) groups is 1. The van der Waals surface area contributed by atoms with Gasteiger partial charge in [0, 0.05) is 31.2 Å². The molecule has 5 heteroatoms. The number of imidazole rings is 1. The zero-order chi connectivity index (χ0) is 17.2. The average Bonchev–Trinajstić information content (AvgIpc) is 3.21. The molecule has 1 amide bonds. The lowest BCUT2D eigenvalue weighted by atomic mass is 9.87. The molecule has 5 nitrogen and oxygen atoms in total. The van der Waals surface area contributed by atoms with E-state index in [0.717, 1.165) is 19.3 Å². The first-order valence-electron chi connectivity index (χ1n) is 8.53. The lowest BCUT2D eigenvalue weighted by Gasteiger charge is -2.33. The highest BCUT2D eigenvalue weighted by Gasteiger charge is 2.27. The van der Waals surface area contributed by atoms with Crippen LogP contribution in [0.3, 0.4) is 0 Å². The molecule has 0 fully saturated rings. The van der Waals surface area contributed by atoms with Crippen LogP contribution in [0.2, 0.25) is 0 Å². The Kier molecular flexibility index (Phi) is 4.06. The summed E-state index contributed by atoms with van der Waals surface area (Å²) >= 11 is 0. The molecular weight excluding hydrogens is 312 g/mol. The molecule has 1 aromatic carbocycles. The molecule has 0 saturated carbocycles. The number of hydrogen-bond donors (Lipinski definition) is 0. The van der Waals surface area contributed by atoms with E-state index in [-0.39, 0.29) is 11.9 Å². The van der Waals surface area contributed by atoms with Crippen LogP contribution in [0.25, 0.3) is 5.82 Å². The van der Waals surface area contributed by atoms with Crippen LogP contribution in [-0.4, -0.2) is 32.4 Å². The predicted molar refractivity (Wildman–Crippen MR) is 95.6 cm³/mol. The van der Waals surface area contributed by atoms with Crippen LogP contribution in [0, 0.1) is 0 Å². The summed E-state index contributed by atoms with van der Waals surface area (Å²) < 4.78 is 1.80. The molecular formula is C20H20N4O. The van der Waals surface area contributed by atoms with E-state index in [0.29, 0.717) is 11.4 Å². The highest BCUT2D eigenvalue weighted by molar-refractivity contribution is 5.94. The Labute approximate surface area is 147 Å². The Hall–Kier alpha value is -2.95. The second kappa shape index (κ2) is 6.51. The minimum Gasteiger partial charge on any atom is -0.335 e. The molecule has 0 unspecified atom stereocenters. The van der Waals surface area contributed by atoms with Gasteiger partial charge in [-0.1, -0.05) is 24.3 Å². The van der Waals surface area contributed by atoms with Crippen LogP contribution in [0.4, 0.5) is 0 Å². The number of amides is 1. The zero-order valence-electron chi connectivity index (χ0n) is 14.2. The largest absolute Gasteiger partial charge is 0.335 e. The average molecular weight is 332 g/mol. The molecule has 126 valence electrons. The van der Waals surface area contributed by atoms with E-state index in [2.05, 4.69) is 34.2 Å². The third-order valence-corrected chi connectivity index (χ3v) is 4.89. The summed E-state index contributed by atoms with van der Waals surface area (Å²) in [5, 5.41) is 0. The number of pyridine rings is 1. The molecule has 1 atom stereocenters. The summed E-state index contributed by atoms with van der Waals surface area (Å²) in [6, 6.07) is 12.2. The molecule has 0 aliphatic heterocycles. The Morgan fingerprint density at radius 1 is 1.24 bits per heavy atom. The van der Waals surface area contributed by atoms with E-state index in [9.17, 15) is 4.79 Å². The van der Waals surface area contributed by atoms with Crippen molar-refractivity contribution in [3.8, 4) is 5.82 Å². The Morgan fingerprint density at radius 2 is 2.12 bits per heavy atom. The van der Waals surface area contributed by atoms with Gasteiger partial charge in [0.15, 0.2) is 0 Å². The quantitative estimate of drug-likeness (QED) is 0.738. The van der Waals surface area contributed by atoms with Crippen molar-refractivity contribution in [2.24, 2.45) is 0 Å². The molecule has 1 aliphatic carbocycles. The number of fused-ring (bicyclic) bond motifs is 1. The molecule has 3 aromatic rings. The first-order valence-corrected chi connectivity index (χ1v) is 8.53. The van der Waals surface area contributed by atoms with Gasteiger partial charge in [-0.05, 0) is 42.5 Å². The predicted octanol–water partition coefficient (Wildman–Crippen LogP) is 3.42. The fourth-order valence-electron chi connectivity index (χ4n) is 3.56. The number of hydrogen-bond acceptors (Lipinski definition) is 3. The van der Waals surface area contributed by atoms with Crippen molar-refractivity contribution in [1.82, 2.24) is 19.4 Å². The van der Waals surface area contributed by atoms with Gasteiger partial charge in [0.25, 0.3) is 5.91 Å². The van der Waals surface area contributed by atoms with Gasteiger partial charge in [0.1, 0.15) is 12.1 Å². The van der Waals surface area contributed by atoms with Crippen LogP contribution in [0.1, 0.15) is 40.4 Å². The normalized spacial score (nSPS) is 16.3. The van der Waals surface area contributed by atoms with Crippen molar-refractivity contribution in [2.75, 3.05) is 7.05 Å². The van der Waals surface area contributed by atoms with Gasteiger partial charge in [-0.3, -0.25) is 9.36 Å². The summed E-state index contributed by atoms with van der Waals surface area (Å²) in [6.45, 7) is 0. The van der Waals surface area contributed by atoms with E-state index in [1.807, 2.05) is 24.2 Å². The highest BCUT2D eigenvalue weighted by Crippen LogP contribution is 2.34. The number of nitrogens with zero attached hydrogens (tertiary/aromatic N) is 4. The summed E-state index contributed by atoms with van der Waals surface area (Å²) in [5.74, 6) is 0.714. The molecule has 0 N–H and O–H groups in total. The second-order valence-corrected chi connectivity index (χ2v) is 6.40. The fourth-order valence-corrected chi connectivity index (χ4v) is 3.56. The van der Waals surface area contributed by atoms with E-state index in [4.69, 9.17) is 0 Å². The molecule has 0 spiro atoms. The van der Waals surface area contributed by atoms with Crippen LogP contribution < -0.4 is 0 Å². The summed E-state index contributed by atoms with van der Waals surface area (Å²) in [5.41, 5.74) is 3.27. The summed E-state index contributed by atoms with van der Waals surface area (Å²) in [7, 11) is 1.90. The fraction of sp³-hybridized carbons (Fsp3) is 0.250. The van der Waals surface area contributed by atoms with Crippen LogP contribution >= 0.6 is 0 Å². The zero-order valence-corrected chi connectivity index (χ0v) is 14.2. The topological polar surface area (TPSA) is 51.0 Å². The van der Waals surface area contributed by atoms with Gasteiger partial charge in [-0.2, -0.15) is 0 Å². The number of carbonyl (C=O) groups excluding carboxylic acids is 1. The maximum Gasteiger partial charge on any atom is 0.254 e. The van der Waals surface area contributed by atoms with Crippen molar-refractivity contribution < 1.29 is 4.79 Å². The first-order chi connectivity index (χ1) is 12.2. The molecule has 2 aromatic heterocycles. The minimum absolute atomic E-state index is 0.0190. The second-order valence-electron chi connectivity index (χ2n) is 6.40. The summed E-state index contributed by atoms with van der Waals surface area (Å²) in [4.78, 5) is 23.3. The van der Waals surface area contributed by atoms with Crippen LogP contribution in [0.15, 0.2) is 61.3 Å². The van der Waals surface area contributed by atoms with Crippen molar-refractivity contribution >= 4 is 5.91 Å². The number of rotatable bonds is 3. The molecule has 1 aliphatic rings. The van der Waals surface area contributed by atoms with Crippen molar-refractivity contribution in [3.63, 3.8) is 0 Å². The standard InChI is InChI=1S/C20H20N4O/c1-23(18-8-4-6-15-5-2-3-7-17(15)18)20(25)16-9-10-22-19(13-16)24-12-11-21-14-24/h2-3,5,7,9-14,18H,4,6,8H2,1H3/t18-/m1/s1. The molecule has 0 saturated heterocycles. The van der Waals surface area contributed by atoms with E-state index in [1.165, 1.54) is 11.1 Å². The molecule has 0 radical (unpaired) electrons. The highest BCUT2D eigenvalue weighted by atomic mass is 16.2. The molecule has 2 heterocycles. The van der Waals surface area contributed by atoms with Crippen LogP contribution in [0.5, 0.6) is 0 Å². The third-order valence-electron chi connectivity index (χ3n) is 4.89. The van der Waals surface area contributed by atoms with Gasteiger partial charge < -0.3 is 4.90 Å². The van der Waals surface area contributed by atoms with Crippen LogP contribution in [-0.2, 0) is 6.42 Å². The van der Waals surface area contributed by atoms with Gasteiger partial charge in [0.2, 0.25) is 0 Å². The van der Waals surface area contributed by atoms with Crippen molar-refractivity contribution in [1.29, 1.82) is 0 Å². The van der Waals surface area contributed by atoms with E-state index in [1.54, 1.807) is 29.4 Å². The third kappa shape index (κ3) is 2.93. The first kappa shape index (κ1) is 15.6. The van der Waals surface area contributed by atoms with Gasteiger partial charge >= 0.3 is 0 Å².